The summed E-state index contributed by atoms with van der Waals surface area (Å²) in [5, 5.41) is 13.7. The molecule has 0 spiro atoms. The van der Waals surface area contributed by atoms with E-state index in [0.717, 1.165) is 31.7 Å². The van der Waals surface area contributed by atoms with E-state index in [4.69, 9.17) is 0 Å². The van der Waals surface area contributed by atoms with Gasteiger partial charge in [-0.15, -0.1) is 0 Å². The minimum atomic E-state index is -0.770. The SMILES string of the molecule is CC(C)(O)c1ccc(CNC2CCN(Cc3ccncc3)CC2)cc1. The van der Waals surface area contributed by atoms with E-state index in [0.29, 0.717) is 6.04 Å². The zero-order chi connectivity index (χ0) is 17.7. The number of hydrogen-bond acceptors (Lipinski definition) is 4. The summed E-state index contributed by atoms with van der Waals surface area (Å²) < 4.78 is 0. The van der Waals surface area contributed by atoms with Crippen molar-refractivity contribution in [3.63, 3.8) is 0 Å². The summed E-state index contributed by atoms with van der Waals surface area (Å²) in [6.07, 6.45) is 6.11. The molecule has 1 aliphatic heterocycles. The molecule has 2 aromatic rings. The van der Waals surface area contributed by atoms with Gasteiger partial charge < -0.3 is 10.4 Å². The maximum absolute atomic E-state index is 10.0. The standard InChI is InChI=1S/C21H29N3O/c1-21(2,25)19-5-3-17(4-6-19)15-23-20-9-13-24(14-10-20)16-18-7-11-22-12-8-18/h3-8,11-12,20,23,25H,9-10,13-16H2,1-2H3. The van der Waals surface area contributed by atoms with Crippen LogP contribution in [0.4, 0.5) is 0 Å². The summed E-state index contributed by atoms with van der Waals surface area (Å²) in [7, 11) is 0. The summed E-state index contributed by atoms with van der Waals surface area (Å²) in [6.45, 7) is 7.82. The van der Waals surface area contributed by atoms with E-state index in [-0.39, 0.29) is 0 Å². The summed E-state index contributed by atoms with van der Waals surface area (Å²) in [5.74, 6) is 0. The monoisotopic (exact) mass is 339 g/mol. The first kappa shape index (κ1) is 18.1. The van der Waals surface area contributed by atoms with Crippen molar-refractivity contribution in [2.45, 2.75) is 51.4 Å². The van der Waals surface area contributed by atoms with Gasteiger partial charge in [-0.05, 0) is 68.6 Å². The van der Waals surface area contributed by atoms with Gasteiger partial charge >= 0.3 is 0 Å². The second kappa shape index (κ2) is 8.09. The predicted molar refractivity (Wildman–Crippen MR) is 101 cm³/mol. The molecule has 0 saturated carbocycles. The minimum absolute atomic E-state index is 0.586. The lowest BCUT2D eigenvalue weighted by Crippen LogP contribution is -2.41. The third-order valence-electron chi connectivity index (χ3n) is 5.00. The average Bonchev–Trinajstić information content (AvgIpc) is 2.62. The Hall–Kier alpha value is -1.75. The van der Waals surface area contributed by atoms with Crippen LogP contribution in [-0.2, 0) is 18.7 Å². The number of aromatic nitrogens is 1. The Bertz CT molecular complexity index is 641. The molecule has 2 heterocycles. The Kier molecular flexibility index (Phi) is 5.84. The number of piperidine rings is 1. The lowest BCUT2D eigenvalue weighted by atomic mass is 9.97. The Balaban J connectivity index is 1.42. The van der Waals surface area contributed by atoms with Crippen molar-refractivity contribution in [3.8, 4) is 0 Å². The molecule has 1 saturated heterocycles. The second-order valence-electron chi connectivity index (χ2n) is 7.54. The van der Waals surface area contributed by atoms with Gasteiger partial charge in [0.05, 0.1) is 5.60 Å². The third-order valence-corrected chi connectivity index (χ3v) is 5.00. The third kappa shape index (κ3) is 5.36. The largest absolute Gasteiger partial charge is 0.386 e. The van der Waals surface area contributed by atoms with Gasteiger partial charge in [0, 0.05) is 31.5 Å². The molecule has 4 nitrogen and oxygen atoms in total. The van der Waals surface area contributed by atoms with Crippen LogP contribution in [-0.4, -0.2) is 34.1 Å². The van der Waals surface area contributed by atoms with Crippen LogP contribution in [0.2, 0.25) is 0 Å². The van der Waals surface area contributed by atoms with E-state index >= 15 is 0 Å². The molecule has 0 unspecified atom stereocenters. The molecular weight excluding hydrogens is 310 g/mol. The van der Waals surface area contributed by atoms with Gasteiger partial charge in [-0.1, -0.05) is 24.3 Å². The van der Waals surface area contributed by atoms with Gasteiger partial charge in [0.25, 0.3) is 0 Å². The Morgan fingerprint density at radius 1 is 1.04 bits per heavy atom. The molecule has 0 bridgehead atoms. The van der Waals surface area contributed by atoms with Gasteiger partial charge in [0.15, 0.2) is 0 Å². The van der Waals surface area contributed by atoms with Crippen LogP contribution in [0.25, 0.3) is 0 Å². The summed E-state index contributed by atoms with van der Waals surface area (Å²) in [6, 6.07) is 13.0. The highest BCUT2D eigenvalue weighted by Gasteiger charge is 2.19. The molecule has 1 aliphatic rings. The smallest absolute Gasteiger partial charge is 0.0840 e. The van der Waals surface area contributed by atoms with Crippen molar-refractivity contribution in [3.05, 3.63) is 65.5 Å². The molecule has 2 N–H and O–H groups in total. The highest BCUT2D eigenvalue weighted by Crippen LogP contribution is 2.20. The van der Waals surface area contributed by atoms with Crippen molar-refractivity contribution in [2.75, 3.05) is 13.1 Å². The van der Waals surface area contributed by atoms with Crippen LogP contribution in [0.3, 0.4) is 0 Å². The number of hydrogen-bond donors (Lipinski definition) is 2. The number of benzene rings is 1. The molecule has 0 atom stereocenters. The van der Waals surface area contributed by atoms with Gasteiger partial charge in [-0.25, -0.2) is 0 Å². The lowest BCUT2D eigenvalue weighted by molar-refractivity contribution is 0.0786. The summed E-state index contributed by atoms with van der Waals surface area (Å²) in [4.78, 5) is 6.60. The van der Waals surface area contributed by atoms with Crippen LogP contribution in [0, 0.1) is 0 Å². The van der Waals surface area contributed by atoms with Crippen molar-refractivity contribution in [2.24, 2.45) is 0 Å². The van der Waals surface area contributed by atoms with E-state index < -0.39 is 5.60 Å². The number of rotatable bonds is 6. The van der Waals surface area contributed by atoms with Crippen molar-refractivity contribution in [1.82, 2.24) is 15.2 Å². The highest BCUT2D eigenvalue weighted by molar-refractivity contribution is 5.26. The summed E-state index contributed by atoms with van der Waals surface area (Å²) in [5.41, 5.74) is 2.80. The molecule has 25 heavy (non-hydrogen) atoms. The number of pyridine rings is 1. The van der Waals surface area contributed by atoms with Crippen LogP contribution in [0.5, 0.6) is 0 Å². The number of likely N-dealkylation sites (tertiary alicyclic amines) is 1. The number of aliphatic hydroxyl groups is 1. The molecule has 0 amide bonds. The molecule has 0 aliphatic carbocycles. The van der Waals surface area contributed by atoms with E-state index in [2.05, 4.69) is 39.5 Å². The number of nitrogens with zero attached hydrogens (tertiary/aromatic N) is 2. The average molecular weight is 339 g/mol. The Labute approximate surface area is 150 Å². The zero-order valence-electron chi connectivity index (χ0n) is 15.3. The first-order chi connectivity index (χ1) is 12.0. The van der Waals surface area contributed by atoms with Gasteiger partial charge in [-0.3, -0.25) is 9.88 Å². The van der Waals surface area contributed by atoms with Crippen LogP contribution >= 0.6 is 0 Å². The fourth-order valence-electron chi connectivity index (χ4n) is 3.33. The molecule has 1 aromatic heterocycles. The minimum Gasteiger partial charge on any atom is -0.386 e. The van der Waals surface area contributed by atoms with Crippen molar-refractivity contribution in [1.29, 1.82) is 0 Å². The fourth-order valence-corrected chi connectivity index (χ4v) is 3.33. The van der Waals surface area contributed by atoms with E-state index in [9.17, 15) is 5.11 Å². The van der Waals surface area contributed by atoms with Crippen molar-refractivity contribution >= 4 is 0 Å². The van der Waals surface area contributed by atoms with E-state index in [1.807, 2.05) is 38.4 Å². The van der Waals surface area contributed by atoms with Crippen molar-refractivity contribution < 1.29 is 5.11 Å². The van der Waals surface area contributed by atoms with Gasteiger partial charge in [0.2, 0.25) is 0 Å². The molecule has 134 valence electrons. The molecule has 1 fully saturated rings. The predicted octanol–water partition coefficient (Wildman–Crippen LogP) is 3.06. The quantitative estimate of drug-likeness (QED) is 0.849. The molecule has 0 radical (unpaired) electrons. The molecule has 4 heteroatoms. The van der Waals surface area contributed by atoms with Crippen LogP contribution in [0.1, 0.15) is 43.4 Å². The topological polar surface area (TPSA) is 48.4 Å². The van der Waals surface area contributed by atoms with E-state index in [1.165, 1.54) is 24.0 Å². The first-order valence-corrected chi connectivity index (χ1v) is 9.17. The summed E-state index contributed by atoms with van der Waals surface area (Å²) >= 11 is 0. The Morgan fingerprint density at radius 3 is 2.28 bits per heavy atom. The first-order valence-electron chi connectivity index (χ1n) is 9.17. The zero-order valence-corrected chi connectivity index (χ0v) is 15.3. The molecule has 3 rings (SSSR count). The molecular formula is C21H29N3O. The van der Waals surface area contributed by atoms with Crippen LogP contribution < -0.4 is 5.32 Å². The lowest BCUT2D eigenvalue weighted by Gasteiger charge is -2.32. The maximum Gasteiger partial charge on any atom is 0.0840 e. The maximum atomic E-state index is 10.0. The normalized spacial score (nSPS) is 16.9. The molecule has 1 aromatic carbocycles. The van der Waals surface area contributed by atoms with Crippen LogP contribution in [0.15, 0.2) is 48.8 Å². The highest BCUT2D eigenvalue weighted by atomic mass is 16.3. The van der Waals surface area contributed by atoms with Gasteiger partial charge in [0.1, 0.15) is 0 Å². The number of nitrogens with one attached hydrogen (secondary N) is 1. The fraction of sp³-hybridized carbons (Fsp3) is 0.476. The second-order valence-corrected chi connectivity index (χ2v) is 7.54. The Morgan fingerprint density at radius 2 is 1.68 bits per heavy atom. The van der Waals surface area contributed by atoms with Gasteiger partial charge in [-0.2, -0.15) is 0 Å². The van der Waals surface area contributed by atoms with E-state index in [1.54, 1.807) is 0 Å².